The minimum absolute atomic E-state index is 0.000973. The number of hydrogen-bond donors (Lipinski definition) is 2. The maximum absolute atomic E-state index is 13.6. The Morgan fingerprint density at radius 2 is 2.07 bits per heavy atom. The van der Waals surface area contributed by atoms with E-state index < -0.39 is 17.3 Å². The van der Waals surface area contributed by atoms with Crippen molar-refractivity contribution in [1.29, 1.82) is 0 Å². The Morgan fingerprint density at radius 3 is 2.70 bits per heavy atom. The second-order valence-electron chi connectivity index (χ2n) is 8.61. The lowest BCUT2D eigenvalue weighted by Gasteiger charge is -2.33. The van der Waals surface area contributed by atoms with Gasteiger partial charge in [-0.25, -0.2) is 4.79 Å². The summed E-state index contributed by atoms with van der Waals surface area (Å²) in [6, 6.07) is -0.642. The van der Waals surface area contributed by atoms with Gasteiger partial charge in [-0.05, 0) is 25.7 Å². The molecule has 2 amide bonds. The van der Waals surface area contributed by atoms with E-state index in [0.29, 0.717) is 38.1 Å². The summed E-state index contributed by atoms with van der Waals surface area (Å²) >= 11 is 1.60. The smallest absolute Gasteiger partial charge is 0.330 e. The summed E-state index contributed by atoms with van der Waals surface area (Å²) in [5.74, 6) is 0.234. The van der Waals surface area contributed by atoms with Crippen LogP contribution in [0.4, 0.5) is 11.5 Å². The number of hydrogen-bond acceptors (Lipinski definition) is 6. The number of aromatic nitrogens is 2. The van der Waals surface area contributed by atoms with Crippen LogP contribution in [0.1, 0.15) is 53.4 Å². The Labute approximate surface area is 180 Å². The molecule has 30 heavy (non-hydrogen) atoms. The van der Waals surface area contributed by atoms with E-state index in [1.807, 2.05) is 27.7 Å². The molecule has 10 heteroatoms. The summed E-state index contributed by atoms with van der Waals surface area (Å²) in [6.07, 6.45) is 2.60. The fourth-order valence-electron chi connectivity index (χ4n) is 4.22. The third-order valence-corrected chi connectivity index (χ3v) is 7.27. The highest BCUT2D eigenvalue weighted by Crippen LogP contribution is 2.47. The summed E-state index contributed by atoms with van der Waals surface area (Å²) in [7, 11) is 0. The van der Waals surface area contributed by atoms with Crippen molar-refractivity contribution in [3.8, 4) is 0 Å². The highest BCUT2D eigenvalue weighted by molar-refractivity contribution is 8.01. The van der Waals surface area contributed by atoms with Crippen molar-refractivity contribution in [2.24, 2.45) is 5.92 Å². The quantitative estimate of drug-likeness (QED) is 0.664. The van der Waals surface area contributed by atoms with Crippen molar-refractivity contribution in [2.45, 2.75) is 70.8 Å². The largest absolute Gasteiger partial charge is 0.383 e. The second-order valence-corrected chi connectivity index (χ2v) is 10.1. The average molecular weight is 438 g/mol. The van der Waals surface area contributed by atoms with E-state index in [1.165, 1.54) is 9.47 Å². The highest BCUT2D eigenvalue weighted by Gasteiger charge is 2.53. The van der Waals surface area contributed by atoms with Crippen molar-refractivity contribution in [2.75, 3.05) is 22.9 Å². The first kappa shape index (κ1) is 22.5. The number of nitrogens with zero attached hydrogens (tertiary/aromatic N) is 3. The van der Waals surface area contributed by atoms with Crippen LogP contribution in [-0.2, 0) is 16.1 Å². The van der Waals surface area contributed by atoms with Gasteiger partial charge in [0.05, 0.1) is 4.87 Å². The number of aromatic amines is 1. The zero-order valence-electron chi connectivity index (χ0n) is 18.1. The SMILES string of the molecule is CCCCN(C(=O)[C@H]1CS[C@]2(C)CCC(=O)N12)c1c(N)n(CC(C)C)c(=O)[nH]c1=O. The molecular weight excluding hydrogens is 406 g/mol. The molecule has 2 aliphatic heterocycles. The Kier molecular flexibility index (Phi) is 6.35. The normalized spacial score (nSPS) is 23.3. The number of fused-ring (bicyclic) bond motifs is 1. The molecule has 0 radical (unpaired) electrons. The van der Waals surface area contributed by atoms with Crippen molar-refractivity contribution >= 4 is 35.1 Å². The number of anilines is 2. The molecule has 2 aliphatic rings. The molecule has 2 fully saturated rings. The van der Waals surface area contributed by atoms with Crippen molar-refractivity contribution in [3.05, 3.63) is 20.8 Å². The first-order chi connectivity index (χ1) is 14.1. The minimum atomic E-state index is -0.678. The lowest BCUT2D eigenvalue weighted by atomic mass is 10.1. The fourth-order valence-corrected chi connectivity index (χ4v) is 5.64. The van der Waals surface area contributed by atoms with E-state index >= 15 is 0 Å². The van der Waals surface area contributed by atoms with Crippen molar-refractivity contribution in [3.63, 3.8) is 0 Å². The van der Waals surface area contributed by atoms with E-state index in [9.17, 15) is 19.2 Å². The van der Waals surface area contributed by atoms with Crippen LogP contribution in [0, 0.1) is 5.92 Å². The first-order valence-corrected chi connectivity index (χ1v) is 11.5. The molecule has 1 aromatic heterocycles. The van der Waals surface area contributed by atoms with Gasteiger partial charge < -0.3 is 15.5 Å². The maximum Gasteiger partial charge on any atom is 0.330 e. The fraction of sp³-hybridized carbons (Fsp3) is 0.700. The van der Waals surface area contributed by atoms with Gasteiger partial charge in [0, 0.05) is 25.3 Å². The summed E-state index contributed by atoms with van der Waals surface area (Å²) < 4.78 is 1.31. The van der Waals surface area contributed by atoms with Crippen molar-refractivity contribution < 1.29 is 9.59 Å². The molecule has 2 saturated heterocycles. The minimum Gasteiger partial charge on any atom is -0.383 e. The number of H-pyrrole nitrogens is 1. The molecule has 0 bridgehead atoms. The van der Waals surface area contributed by atoms with Gasteiger partial charge in [-0.2, -0.15) is 0 Å². The van der Waals surface area contributed by atoms with Gasteiger partial charge in [0.15, 0.2) is 5.69 Å². The van der Waals surface area contributed by atoms with E-state index in [4.69, 9.17) is 5.73 Å². The van der Waals surface area contributed by atoms with Gasteiger partial charge >= 0.3 is 5.69 Å². The van der Waals surface area contributed by atoms with Crippen LogP contribution in [0.3, 0.4) is 0 Å². The molecular formula is C20H31N5O4S. The van der Waals surface area contributed by atoms with Crippen LogP contribution in [0.5, 0.6) is 0 Å². The molecule has 1 aromatic rings. The van der Waals surface area contributed by atoms with Gasteiger partial charge in [-0.1, -0.05) is 27.2 Å². The molecule has 0 spiro atoms. The Balaban J connectivity index is 2.05. The van der Waals surface area contributed by atoms with Gasteiger partial charge in [-0.15, -0.1) is 11.8 Å². The van der Waals surface area contributed by atoms with E-state index in [2.05, 4.69) is 4.98 Å². The molecule has 0 unspecified atom stereocenters. The Morgan fingerprint density at radius 1 is 1.37 bits per heavy atom. The topological polar surface area (TPSA) is 121 Å². The predicted octanol–water partition coefficient (Wildman–Crippen LogP) is 1.36. The molecule has 166 valence electrons. The summed E-state index contributed by atoms with van der Waals surface area (Å²) in [6.45, 7) is 8.46. The van der Waals surface area contributed by atoms with Crippen LogP contribution in [0.2, 0.25) is 0 Å². The number of thioether (sulfide) groups is 1. The third kappa shape index (κ3) is 3.89. The Bertz CT molecular complexity index is 955. The summed E-state index contributed by atoms with van der Waals surface area (Å²) in [4.78, 5) is 56.2. The van der Waals surface area contributed by atoms with Crippen LogP contribution in [-0.4, -0.2) is 49.5 Å². The molecule has 0 saturated carbocycles. The number of unbranched alkanes of at least 4 members (excludes halogenated alkanes) is 1. The molecule has 0 aliphatic carbocycles. The molecule has 3 N–H and O–H groups in total. The number of nitrogens with two attached hydrogens (primary N) is 1. The van der Waals surface area contributed by atoms with Crippen LogP contribution in [0.15, 0.2) is 9.59 Å². The number of nitrogens with one attached hydrogen (secondary N) is 1. The lowest BCUT2D eigenvalue weighted by Crippen LogP contribution is -2.53. The predicted molar refractivity (Wildman–Crippen MR) is 119 cm³/mol. The first-order valence-electron chi connectivity index (χ1n) is 10.5. The second kappa shape index (κ2) is 8.49. The van der Waals surface area contributed by atoms with Crippen LogP contribution >= 0.6 is 11.8 Å². The zero-order valence-corrected chi connectivity index (χ0v) is 18.9. The number of carbonyl (C=O) groups is 2. The number of carbonyl (C=O) groups excluding carboxylic acids is 2. The standard InChI is InChI=1S/C20H31N5O4S/c1-5-6-9-23(15-16(21)24(10-12(2)3)19(29)22-17(15)27)18(28)13-11-30-20(4)8-7-14(26)25(13)20/h12-13H,5-11,21H2,1-4H3,(H,22,27,29)/t13-,20-/m1/s1. The highest BCUT2D eigenvalue weighted by atomic mass is 32.2. The monoisotopic (exact) mass is 437 g/mol. The van der Waals surface area contributed by atoms with Crippen molar-refractivity contribution in [1.82, 2.24) is 14.5 Å². The third-order valence-electron chi connectivity index (χ3n) is 5.76. The molecule has 3 heterocycles. The Hall–Kier alpha value is -2.23. The van der Waals surface area contributed by atoms with Gasteiger partial charge in [0.25, 0.3) is 11.5 Å². The van der Waals surface area contributed by atoms with Gasteiger partial charge in [0.1, 0.15) is 11.9 Å². The zero-order chi connectivity index (χ0) is 22.2. The summed E-state index contributed by atoms with van der Waals surface area (Å²) in [5.41, 5.74) is 5.00. The van der Waals surface area contributed by atoms with E-state index in [-0.39, 0.29) is 34.1 Å². The molecule has 3 rings (SSSR count). The average Bonchev–Trinajstić information content (AvgIpc) is 3.16. The molecule has 9 nitrogen and oxygen atoms in total. The summed E-state index contributed by atoms with van der Waals surface area (Å²) in [5, 5.41) is 0. The number of nitrogen functional groups attached to an aromatic ring is 1. The molecule has 2 atom stereocenters. The number of rotatable bonds is 7. The lowest BCUT2D eigenvalue weighted by molar-refractivity contribution is -0.136. The van der Waals surface area contributed by atoms with Crippen LogP contribution < -0.4 is 21.9 Å². The van der Waals surface area contributed by atoms with Gasteiger partial charge in [0.2, 0.25) is 5.91 Å². The van der Waals surface area contributed by atoms with E-state index in [0.717, 1.165) is 6.42 Å². The van der Waals surface area contributed by atoms with Crippen LogP contribution in [0.25, 0.3) is 0 Å². The van der Waals surface area contributed by atoms with Gasteiger partial charge in [-0.3, -0.25) is 23.9 Å². The maximum atomic E-state index is 13.6. The van der Waals surface area contributed by atoms with E-state index in [1.54, 1.807) is 16.7 Å². The molecule has 0 aromatic carbocycles. The number of amides is 2.